The molecule has 3 aliphatic rings. The Morgan fingerprint density at radius 1 is 0.886 bits per heavy atom. The highest BCUT2D eigenvalue weighted by molar-refractivity contribution is 7.45. The number of likely N-dealkylation sites (N-methyl/N-ethyl adjacent to an activating group) is 1. The maximum atomic E-state index is 12.2. The third-order valence-corrected chi connectivity index (χ3v) is 8.86. The highest BCUT2D eigenvalue weighted by Crippen LogP contribution is 2.45. The van der Waals surface area contributed by atoms with Crippen molar-refractivity contribution in [1.29, 1.82) is 0 Å². The topological polar surface area (TPSA) is 88.0 Å². The van der Waals surface area contributed by atoms with Crippen LogP contribution in [0.4, 0.5) is 0 Å². The molecule has 3 rings (SSSR count). The summed E-state index contributed by atoms with van der Waals surface area (Å²) in [5.41, 5.74) is 0. The smallest absolute Gasteiger partial charge is 0.268 e. The van der Waals surface area contributed by atoms with E-state index in [1.807, 2.05) is 0 Å². The first-order valence-electron chi connectivity index (χ1n) is 14.6. The van der Waals surface area contributed by atoms with E-state index in [2.05, 4.69) is 14.0 Å². The summed E-state index contributed by atoms with van der Waals surface area (Å²) in [7, 11) is -2.27. The Labute approximate surface area is 215 Å². The summed E-state index contributed by atoms with van der Waals surface area (Å²) in [5, 5.41) is 10.0. The first kappa shape index (κ1) is 31.2. The van der Waals surface area contributed by atoms with E-state index >= 15 is 0 Å². The molecule has 3 aliphatic heterocycles. The molecule has 3 heterocycles. The first-order chi connectivity index (χ1) is 16.8. The maximum Gasteiger partial charge on any atom is 0.268 e. The van der Waals surface area contributed by atoms with Crippen LogP contribution in [0.3, 0.4) is 0 Å². The van der Waals surface area contributed by atoms with E-state index in [9.17, 15) is 14.6 Å². The fourth-order valence-electron chi connectivity index (χ4n) is 5.51. The minimum Gasteiger partial charge on any atom is -0.756 e. The van der Waals surface area contributed by atoms with Crippen molar-refractivity contribution in [3.63, 3.8) is 0 Å². The fraction of sp³-hybridized carbons (Fsp3) is 1.00. The number of aliphatic hydroxyl groups is 1. The second-order valence-corrected chi connectivity index (χ2v) is 12.7. The highest BCUT2D eigenvalue weighted by Gasteiger charge is 2.45. The molecule has 0 aromatic rings. The van der Waals surface area contributed by atoms with Crippen LogP contribution in [0.1, 0.15) is 110 Å². The van der Waals surface area contributed by atoms with Gasteiger partial charge < -0.3 is 28.3 Å². The predicted octanol–water partition coefficient (Wildman–Crippen LogP) is 5.59. The van der Waals surface area contributed by atoms with Gasteiger partial charge >= 0.3 is 0 Å². The van der Waals surface area contributed by atoms with E-state index in [0.717, 1.165) is 43.3 Å². The van der Waals surface area contributed by atoms with Gasteiger partial charge in [0.2, 0.25) is 0 Å². The Bertz CT molecular complexity index is 584. The van der Waals surface area contributed by atoms with E-state index in [1.54, 1.807) is 0 Å². The zero-order chi connectivity index (χ0) is 25.4. The summed E-state index contributed by atoms with van der Waals surface area (Å²) in [4.78, 5) is 12.2. The number of piperidine rings is 3. The van der Waals surface area contributed by atoms with Crippen molar-refractivity contribution in [2.75, 3.05) is 46.5 Å². The van der Waals surface area contributed by atoms with Crippen molar-refractivity contribution < 1.29 is 32.8 Å². The normalized spacial score (nSPS) is 26.6. The molecule has 7 nitrogen and oxygen atoms in total. The van der Waals surface area contributed by atoms with Crippen LogP contribution in [-0.2, 0) is 18.3 Å². The number of nitrogens with zero attached hydrogens (tertiary/aromatic N) is 1. The molecule has 0 spiro atoms. The van der Waals surface area contributed by atoms with E-state index in [1.165, 1.54) is 77.0 Å². The SMILES string of the molecule is CCCCCCCCCCCCCCCCOCC(O)COP(=O)([O-])OC1C[N+]2(C)CCC1CC2. The molecule has 2 bridgehead atoms. The molecule has 35 heavy (non-hydrogen) atoms. The minimum atomic E-state index is -4.43. The first-order valence-corrected chi connectivity index (χ1v) is 16.0. The Morgan fingerprint density at radius 3 is 1.91 bits per heavy atom. The van der Waals surface area contributed by atoms with E-state index in [0.29, 0.717) is 19.1 Å². The number of rotatable bonds is 22. The van der Waals surface area contributed by atoms with Gasteiger partial charge in [-0.3, -0.25) is 4.57 Å². The molecular formula is C27H54NO6P. The Kier molecular flexibility index (Phi) is 15.6. The number of aliphatic hydroxyl groups excluding tert-OH is 1. The van der Waals surface area contributed by atoms with Gasteiger partial charge in [-0.25, -0.2) is 0 Å². The zero-order valence-electron chi connectivity index (χ0n) is 22.7. The number of fused-ring (bicyclic) bond motifs is 3. The third-order valence-electron chi connectivity index (χ3n) is 7.87. The molecule has 0 amide bonds. The van der Waals surface area contributed by atoms with Gasteiger partial charge in [-0.05, 0) is 6.42 Å². The predicted molar refractivity (Wildman–Crippen MR) is 139 cm³/mol. The van der Waals surface area contributed by atoms with Crippen LogP contribution < -0.4 is 4.89 Å². The van der Waals surface area contributed by atoms with Gasteiger partial charge in [0.1, 0.15) is 18.8 Å². The van der Waals surface area contributed by atoms with Gasteiger partial charge in [0.15, 0.2) is 0 Å². The standard InChI is InChI=1S/C27H54NO6P/c1-3-4-5-6-7-8-9-10-11-12-13-14-15-16-21-32-23-26(29)24-33-35(30,31)34-27-22-28(2)19-17-25(27)18-20-28/h25-27,29H,3-24H2,1-2H3. The van der Waals surface area contributed by atoms with Crippen molar-refractivity contribution in [3.8, 4) is 0 Å². The number of ether oxygens (including phenoxy) is 1. The summed E-state index contributed by atoms with van der Waals surface area (Å²) >= 11 is 0. The van der Waals surface area contributed by atoms with Gasteiger partial charge in [0.25, 0.3) is 7.82 Å². The average molecular weight is 520 g/mol. The third kappa shape index (κ3) is 13.9. The Hall–Kier alpha value is -0.0100. The summed E-state index contributed by atoms with van der Waals surface area (Å²) in [5.74, 6) is 0.291. The van der Waals surface area contributed by atoms with Crippen LogP contribution >= 0.6 is 7.82 Å². The second kappa shape index (κ2) is 17.5. The van der Waals surface area contributed by atoms with Crippen molar-refractivity contribution >= 4 is 7.82 Å². The number of phosphoric acid groups is 1. The van der Waals surface area contributed by atoms with Gasteiger partial charge in [0, 0.05) is 25.4 Å². The summed E-state index contributed by atoms with van der Waals surface area (Å²) < 4.78 is 28.9. The van der Waals surface area contributed by atoms with Crippen molar-refractivity contribution in [1.82, 2.24) is 0 Å². The summed E-state index contributed by atoms with van der Waals surface area (Å²) in [6, 6.07) is 0. The average Bonchev–Trinajstić information content (AvgIpc) is 2.82. The lowest BCUT2D eigenvalue weighted by molar-refractivity contribution is -0.928. The molecule has 3 unspecified atom stereocenters. The molecule has 3 saturated heterocycles. The minimum absolute atomic E-state index is 0.0828. The number of phosphoric ester groups is 1. The second-order valence-electron chi connectivity index (χ2n) is 11.3. The maximum absolute atomic E-state index is 12.2. The molecular weight excluding hydrogens is 465 g/mol. The number of hydrogen-bond acceptors (Lipinski definition) is 6. The lowest BCUT2D eigenvalue weighted by Gasteiger charge is -2.50. The summed E-state index contributed by atoms with van der Waals surface area (Å²) in [6.07, 6.45) is 19.1. The molecule has 3 fully saturated rings. The number of hydrogen-bond donors (Lipinski definition) is 1. The van der Waals surface area contributed by atoms with Crippen molar-refractivity contribution in [2.24, 2.45) is 5.92 Å². The molecule has 3 atom stereocenters. The molecule has 0 radical (unpaired) electrons. The fourth-order valence-corrected chi connectivity index (χ4v) is 6.49. The Balaban J connectivity index is 1.36. The molecule has 1 N–H and O–H groups in total. The van der Waals surface area contributed by atoms with Gasteiger partial charge in [-0.2, -0.15) is 0 Å². The van der Waals surface area contributed by atoms with Crippen LogP contribution in [0, 0.1) is 5.92 Å². The van der Waals surface area contributed by atoms with Crippen LogP contribution in [0.5, 0.6) is 0 Å². The van der Waals surface area contributed by atoms with E-state index in [-0.39, 0.29) is 19.3 Å². The molecule has 0 aromatic carbocycles. The molecule has 208 valence electrons. The number of unbranched alkanes of at least 4 members (excludes halogenated alkanes) is 13. The van der Waals surface area contributed by atoms with E-state index in [4.69, 9.17) is 13.8 Å². The molecule has 8 heteroatoms. The Morgan fingerprint density at radius 2 is 1.40 bits per heavy atom. The quantitative estimate of drug-likeness (QED) is 0.114. The molecule has 0 saturated carbocycles. The van der Waals surface area contributed by atoms with Crippen LogP contribution in [0.25, 0.3) is 0 Å². The highest BCUT2D eigenvalue weighted by atomic mass is 31.2. The summed E-state index contributed by atoms with van der Waals surface area (Å²) in [6.45, 7) is 5.50. The largest absolute Gasteiger partial charge is 0.756 e. The van der Waals surface area contributed by atoms with Crippen molar-refractivity contribution in [3.05, 3.63) is 0 Å². The van der Waals surface area contributed by atoms with Gasteiger partial charge in [-0.15, -0.1) is 0 Å². The van der Waals surface area contributed by atoms with Gasteiger partial charge in [0.05, 0.1) is 33.4 Å². The number of quaternary nitrogens is 1. The van der Waals surface area contributed by atoms with Crippen LogP contribution in [0.2, 0.25) is 0 Å². The molecule has 0 aliphatic carbocycles. The van der Waals surface area contributed by atoms with Gasteiger partial charge in [-0.1, -0.05) is 90.4 Å². The van der Waals surface area contributed by atoms with E-state index < -0.39 is 13.9 Å². The lowest BCUT2D eigenvalue weighted by atomic mass is 9.84. The van der Waals surface area contributed by atoms with Crippen LogP contribution in [0.15, 0.2) is 0 Å². The van der Waals surface area contributed by atoms with Crippen LogP contribution in [-0.4, -0.2) is 68.3 Å². The zero-order valence-corrected chi connectivity index (χ0v) is 23.6. The lowest BCUT2D eigenvalue weighted by Crippen LogP contribution is -2.61. The molecule has 0 aromatic heterocycles. The van der Waals surface area contributed by atoms with Crippen molar-refractivity contribution in [2.45, 2.75) is 122 Å². The monoisotopic (exact) mass is 519 g/mol.